The number of halogens is 3. The van der Waals surface area contributed by atoms with Gasteiger partial charge in [0.25, 0.3) is 0 Å². The Morgan fingerprint density at radius 3 is 2.75 bits per heavy atom. The van der Waals surface area contributed by atoms with Crippen molar-refractivity contribution in [3.8, 4) is 0 Å². The van der Waals surface area contributed by atoms with E-state index in [0.717, 1.165) is 11.8 Å². The molecule has 3 rings (SSSR count). The molecule has 0 radical (unpaired) electrons. The van der Waals surface area contributed by atoms with Gasteiger partial charge in [0, 0.05) is 36.5 Å². The van der Waals surface area contributed by atoms with E-state index in [9.17, 15) is 26.4 Å². The highest BCUT2D eigenvalue weighted by atomic mass is 32.2. The lowest BCUT2D eigenvalue weighted by molar-refractivity contribution is -0.141. The fourth-order valence-electron chi connectivity index (χ4n) is 3.18. The van der Waals surface area contributed by atoms with E-state index in [-0.39, 0.29) is 30.3 Å². The van der Waals surface area contributed by atoms with Crippen LogP contribution in [0.5, 0.6) is 0 Å². The topological polar surface area (TPSA) is 97.3 Å². The summed E-state index contributed by atoms with van der Waals surface area (Å²) in [6.07, 6.45) is -2.72. The third-order valence-corrected chi connectivity index (χ3v) is 6.49. The summed E-state index contributed by atoms with van der Waals surface area (Å²) in [5, 5.41) is 6.66. The highest BCUT2D eigenvalue weighted by molar-refractivity contribution is 7.89. The fourth-order valence-corrected chi connectivity index (χ4v) is 4.84. The second-order valence-corrected chi connectivity index (χ2v) is 8.27. The minimum atomic E-state index is -4.64. The minimum absolute atomic E-state index is 0.0484. The summed E-state index contributed by atoms with van der Waals surface area (Å²) in [5.41, 5.74) is 0.910. The monoisotopic (exact) mass is 420 g/mol. The second-order valence-electron chi connectivity index (χ2n) is 6.36. The van der Waals surface area contributed by atoms with Crippen molar-refractivity contribution in [1.82, 2.24) is 19.1 Å². The van der Waals surface area contributed by atoms with Gasteiger partial charge in [-0.1, -0.05) is 0 Å². The number of aromatic amines is 1. The number of esters is 1. The molecule has 0 bridgehead atoms. The number of nitrogens with one attached hydrogen (secondary N) is 1. The third kappa shape index (κ3) is 3.78. The van der Waals surface area contributed by atoms with E-state index in [2.05, 4.69) is 10.2 Å². The predicted molar refractivity (Wildman–Crippen MR) is 91.1 cm³/mol. The zero-order chi connectivity index (χ0) is 20.7. The van der Waals surface area contributed by atoms with Crippen LogP contribution in [0.4, 0.5) is 13.2 Å². The van der Waals surface area contributed by atoms with Gasteiger partial charge < -0.3 is 9.30 Å². The Bertz CT molecular complexity index is 994. The van der Waals surface area contributed by atoms with Crippen LogP contribution in [0.25, 0.3) is 0 Å². The molecule has 12 heteroatoms. The minimum Gasteiger partial charge on any atom is -0.461 e. The average molecular weight is 420 g/mol. The highest BCUT2D eigenvalue weighted by Crippen LogP contribution is 2.30. The van der Waals surface area contributed by atoms with E-state index < -0.39 is 34.4 Å². The summed E-state index contributed by atoms with van der Waals surface area (Å²) in [7, 11) is -4.12. The van der Waals surface area contributed by atoms with Gasteiger partial charge in [-0.05, 0) is 19.9 Å². The second kappa shape index (κ2) is 7.24. The molecule has 0 saturated carbocycles. The molecule has 0 saturated heterocycles. The molecular weight excluding hydrogens is 401 g/mol. The van der Waals surface area contributed by atoms with Crippen LogP contribution in [0.3, 0.4) is 0 Å². The Morgan fingerprint density at radius 2 is 2.11 bits per heavy atom. The van der Waals surface area contributed by atoms with Crippen molar-refractivity contribution < 1.29 is 31.1 Å². The molecule has 154 valence electrons. The first kappa shape index (κ1) is 20.4. The first-order valence-electron chi connectivity index (χ1n) is 8.50. The van der Waals surface area contributed by atoms with Gasteiger partial charge in [0.2, 0.25) is 10.0 Å². The van der Waals surface area contributed by atoms with Gasteiger partial charge in [0.05, 0.1) is 12.8 Å². The van der Waals surface area contributed by atoms with E-state index in [1.807, 2.05) is 0 Å². The van der Waals surface area contributed by atoms with E-state index in [1.165, 1.54) is 24.3 Å². The molecule has 28 heavy (non-hydrogen) atoms. The summed E-state index contributed by atoms with van der Waals surface area (Å²) in [4.78, 5) is 11.8. The molecule has 3 heterocycles. The van der Waals surface area contributed by atoms with Crippen molar-refractivity contribution in [2.75, 3.05) is 13.2 Å². The number of aromatic nitrogens is 3. The molecule has 2 aromatic heterocycles. The van der Waals surface area contributed by atoms with Crippen molar-refractivity contribution in [3.05, 3.63) is 34.9 Å². The summed E-state index contributed by atoms with van der Waals surface area (Å²) < 4.78 is 71.8. The number of fused-ring (bicyclic) bond motifs is 1. The Balaban J connectivity index is 2.03. The number of carbonyl (C=O) groups excluding carboxylic acids is 1. The maximum absolute atomic E-state index is 13.1. The lowest BCUT2D eigenvalue weighted by Crippen LogP contribution is -2.36. The number of hydrogen-bond acceptors (Lipinski definition) is 5. The van der Waals surface area contributed by atoms with Gasteiger partial charge >= 0.3 is 12.1 Å². The fraction of sp³-hybridized carbons (Fsp3) is 0.500. The number of carbonyl (C=O) groups is 1. The molecule has 1 aliphatic rings. The van der Waals surface area contributed by atoms with E-state index >= 15 is 0 Å². The molecule has 2 aromatic rings. The number of nitrogens with zero attached hydrogens (tertiary/aromatic N) is 3. The van der Waals surface area contributed by atoms with Crippen LogP contribution >= 0.6 is 0 Å². The molecule has 8 nitrogen and oxygen atoms in total. The normalized spacial score (nSPS) is 15.5. The molecule has 0 fully saturated rings. The number of hydrogen-bond donors (Lipinski definition) is 1. The molecule has 1 aliphatic heterocycles. The van der Waals surface area contributed by atoms with Crippen LogP contribution in [0, 0.1) is 6.92 Å². The van der Waals surface area contributed by atoms with Gasteiger partial charge in [0.1, 0.15) is 17.1 Å². The number of sulfonamides is 1. The summed E-state index contributed by atoms with van der Waals surface area (Å²) in [6, 6.07) is 0.958. The largest absolute Gasteiger partial charge is 0.461 e. The number of rotatable bonds is 5. The van der Waals surface area contributed by atoms with Crippen molar-refractivity contribution >= 4 is 16.0 Å². The van der Waals surface area contributed by atoms with Gasteiger partial charge in [-0.25, -0.2) is 13.2 Å². The first-order valence-corrected chi connectivity index (χ1v) is 9.94. The first-order chi connectivity index (χ1) is 13.0. The molecule has 0 amide bonds. The lowest BCUT2D eigenvalue weighted by Gasteiger charge is -2.25. The van der Waals surface area contributed by atoms with Gasteiger partial charge in [0.15, 0.2) is 0 Å². The van der Waals surface area contributed by atoms with Crippen molar-refractivity contribution in [1.29, 1.82) is 0 Å². The standard InChI is InChI=1S/C16H19F3N4O4S/c1-3-27-15(24)13-6-14(10(2)23(13)9-16(17,18)19)28(25,26)22-5-4-12-11(8-22)7-20-21-12/h6-7H,3-5,8-9H2,1-2H3,(H,20,21). The van der Waals surface area contributed by atoms with Gasteiger partial charge in [-0.15, -0.1) is 0 Å². The molecule has 1 N–H and O–H groups in total. The lowest BCUT2D eigenvalue weighted by atomic mass is 10.1. The van der Waals surface area contributed by atoms with Crippen LogP contribution in [-0.2, 0) is 34.3 Å². The molecule has 0 spiro atoms. The summed E-state index contributed by atoms with van der Waals surface area (Å²) in [5.74, 6) is -1.01. The van der Waals surface area contributed by atoms with E-state index in [1.54, 1.807) is 0 Å². The maximum Gasteiger partial charge on any atom is 0.406 e. The van der Waals surface area contributed by atoms with Crippen LogP contribution in [0.15, 0.2) is 17.2 Å². The van der Waals surface area contributed by atoms with E-state index in [4.69, 9.17) is 4.74 Å². The molecular formula is C16H19F3N4O4S. The number of ether oxygens (including phenoxy) is 1. The van der Waals surface area contributed by atoms with Gasteiger partial charge in [-0.2, -0.15) is 22.6 Å². The number of alkyl halides is 3. The SMILES string of the molecule is CCOC(=O)c1cc(S(=O)(=O)N2CCc3[nH]ncc3C2)c(C)n1CC(F)(F)F. The summed E-state index contributed by atoms with van der Waals surface area (Å²) >= 11 is 0. The quantitative estimate of drug-likeness (QED) is 0.747. The van der Waals surface area contributed by atoms with E-state index in [0.29, 0.717) is 16.6 Å². The molecule has 0 aromatic carbocycles. The Hall–Kier alpha value is -2.34. The molecule has 0 atom stereocenters. The third-order valence-electron chi connectivity index (χ3n) is 4.53. The van der Waals surface area contributed by atoms with Crippen molar-refractivity contribution in [2.45, 2.75) is 44.4 Å². The molecule has 0 unspecified atom stereocenters. The molecule has 0 aliphatic carbocycles. The Labute approximate surface area is 159 Å². The number of H-pyrrole nitrogens is 1. The Morgan fingerprint density at radius 1 is 1.39 bits per heavy atom. The zero-order valence-corrected chi connectivity index (χ0v) is 16.0. The highest BCUT2D eigenvalue weighted by Gasteiger charge is 2.37. The predicted octanol–water partition coefficient (Wildman–Crippen LogP) is 2.01. The van der Waals surface area contributed by atoms with Crippen LogP contribution in [-0.4, -0.2) is 52.8 Å². The van der Waals surface area contributed by atoms with Crippen LogP contribution in [0.2, 0.25) is 0 Å². The van der Waals surface area contributed by atoms with Crippen molar-refractivity contribution in [2.24, 2.45) is 0 Å². The Kier molecular flexibility index (Phi) is 5.28. The summed E-state index contributed by atoms with van der Waals surface area (Å²) in [6.45, 7) is 1.41. The van der Waals surface area contributed by atoms with Crippen LogP contribution in [0.1, 0.15) is 34.4 Å². The smallest absolute Gasteiger partial charge is 0.406 e. The van der Waals surface area contributed by atoms with Crippen LogP contribution < -0.4 is 0 Å². The zero-order valence-electron chi connectivity index (χ0n) is 15.2. The van der Waals surface area contributed by atoms with Crippen molar-refractivity contribution in [3.63, 3.8) is 0 Å². The van der Waals surface area contributed by atoms with Gasteiger partial charge in [-0.3, -0.25) is 5.10 Å². The average Bonchev–Trinajstić information content (AvgIpc) is 3.18. The maximum atomic E-state index is 13.1.